The lowest BCUT2D eigenvalue weighted by Gasteiger charge is -2.16. The van der Waals surface area contributed by atoms with Crippen LogP contribution in [0.3, 0.4) is 0 Å². The summed E-state index contributed by atoms with van der Waals surface area (Å²) in [7, 11) is 0. The molecule has 3 aromatic rings. The van der Waals surface area contributed by atoms with Crippen molar-refractivity contribution in [2.24, 2.45) is 0 Å². The molecule has 158 valence electrons. The molecule has 1 amide bonds. The number of carbonyl (C=O) groups is 1. The smallest absolute Gasteiger partial charge is 0.287 e. The molecule has 2 aromatic heterocycles. The van der Waals surface area contributed by atoms with Gasteiger partial charge in [-0.2, -0.15) is 0 Å². The van der Waals surface area contributed by atoms with Crippen molar-refractivity contribution in [3.8, 4) is 11.3 Å². The molecule has 1 N–H and O–H groups in total. The fraction of sp³-hybridized carbons (Fsp3) is 0.409. The molecule has 0 aliphatic heterocycles. The number of thioether (sulfide) groups is 1. The van der Waals surface area contributed by atoms with Crippen molar-refractivity contribution in [2.45, 2.75) is 49.7 Å². The highest BCUT2D eigenvalue weighted by Crippen LogP contribution is 2.33. The third-order valence-electron chi connectivity index (χ3n) is 5.43. The summed E-state index contributed by atoms with van der Waals surface area (Å²) in [5.74, 6) is 1.21. The zero-order valence-corrected chi connectivity index (χ0v) is 17.8. The van der Waals surface area contributed by atoms with E-state index in [2.05, 4.69) is 20.1 Å². The summed E-state index contributed by atoms with van der Waals surface area (Å²) in [5.41, 5.74) is 0.728. The van der Waals surface area contributed by atoms with Crippen molar-refractivity contribution in [3.05, 3.63) is 53.8 Å². The first kappa shape index (κ1) is 20.7. The van der Waals surface area contributed by atoms with Crippen LogP contribution in [-0.2, 0) is 6.42 Å². The monoisotopic (exact) mass is 428 g/mol. The number of rotatable bonds is 8. The van der Waals surface area contributed by atoms with Crippen molar-refractivity contribution >= 4 is 17.7 Å². The highest BCUT2D eigenvalue weighted by molar-refractivity contribution is 7.98. The summed E-state index contributed by atoms with van der Waals surface area (Å²) in [4.78, 5) is 12.4. The van der Waals surface area contributed by atoms with Gasteiger partial charge in [-0.15, -0.1) is 10.2 Å². The van der Waals surface area contributed by atoms with Gasteiger partial charge in [-0.05, 0) is 61.9 Å². The molecular formula is C22H25FN4O2S. The zero-order valence-electron chi connectivity index (χ0n) is 16.9. The average Bonchev–Trinajstić information content (AvgIpc) is 3.51. The molecule has 0 saturated heterocycles. The zero-order chi connectivity index (χ0) is 20.9. The summed E-state index contributed by atoms with van der Waals surface area (Å²) in [5, 5.41) is 12.6. The molecule has 1 saturated carbocycles. The highest BCUT2D eigenvalue weighted by Gasteiger charge is 2.23. The number of benzene rings is 1. The lowest BCUT2D eigenvalue weighted by molar-refractivity contribution is 0.0926. The van der Waals surface area contributed by atoms with Gasteiger partial charge >= 0.3 is 0 Å². The molecule has 0 radical (unpaired) electrons. The Bertz CT molecular complexity index is 993. The van der Waals surface area contributed by atoms with Gasteiger partial charge in [-0.25, -0.2) is 4.39 Å². The minimum Gasteiger partial charge on any atom is -0.451 e. The van der Waals surface area contributed by atoms with Gasteiger partial charge in [0.1, 0.15) is 17.4 Å². The molecule has 0 unspecified atom stereocenters. The molecule has 8 heteroatoms. The van der Waals surface area contributed by atoms with Gasteiger partial charge in [-0.3, -0.25) is 4.79 Å². The van der Waals surface area contributed by atoms with Crippen LogP contribution in [0.25, 0.3) is 11.3 Å². The van der Waals surface area contributed by atoms with Gasteiger partial charge in [0.2, 0.25) is 0 Å². The molecule has 0 spiro atoms. The Balaban J connectivity index is 1.31. The van der Waals surface area contributed by atoms with E-state index >= 15 is 0 Å². The number of aromatic nitrogens is 3. The van der Waals surface area contributed by atoms with Gasteiger partial charge < -0.3 is 14.3 Å². The van der Waals surface area contributed by atoms with Crippen LogP contribution in [0.15, 0.2) is 46.0 Å². The van der Waals surface area contributed by atoms with Crippen molar-refractivity contribution in [2.75, 3.05) is 12.8 Å². The third-order valence-corrected chi connectivity index (χ3v) is 6.07. The van der Waals surface area contributed by atoms with Crippen molar-refractivity contribution in [1.82, 2.24) is 20.1 Å². The van der Waals surface area contributed by atoms with E-state index in [0.717, 1.165) is 29.4 Å². The number of hydrogen-bond acceptors (Lipinski definition) is 5. The van der Waals surface area contributed by atoms with Gasteiger partial charge in [0.25, 0.3) is 5.91 Å². The van der Waals surface area contributed by atoms with Crippen LogP contribution in [0.5, 0.6) is 0 Å². The minimum absolute atomic E-state index is 0.244. The predicted octanol–water partition coefficient (Wildman–Crippen LogP) is 4.88. The number of hydrogen-bond donors (Lipinski definition) is 1. The molecule has 1 aliphatic carbocycles. The van der Waals surface area contributed by atoms with E-state index in [1.807, 2.05) is 6.26 Å². The largest absolute Gasteiger partial charge is 0.451 e. The number of halogens is 1. The van der Waals surface area contributed by atoms with E-state index in [4.69, 9.17) is 4.42 Å². The second-order valence-corrected chi connectivity index (χ2v) is 8.21. The number of nitrogens with one attached hydrogen (secondary N) is 1. The van der Waals surface area contributed by atoms with Crippen LogP contribution >= 0.6 is 11.8 Å². The number of aryl methyl sites for hydroxylation is 1. The van der Waals surface area contributed by atoms with E-state index in [1.54, 1.807) is 36.0 Å². The number of nitrogens with zero attached hydrogens (tertiary/aromatic N) is 3. The molecule has 4 rings (SSSR count). The molecule has 6 nitrogen and oxygen atoms in total. The normalized spacial score (nSPS) is 14.3. The molecule has 2 heterocycles. The Hall–Kier alpha value is -2.61. The standard InChI is InChI=1S/C22H25FN4O2S/c1-30-22-26-25-20(27(22)17-5-2-3-6-17)7-4-14-24-21(28)19-13-12-18(29-19)15-8-10-16(23)11-9-15/h8-13,17H,2-7,14H2,1H3,(H,24,28). The number of furan rings is 1. The van der Waals surface area contributed by atoms with Crippen LogP contribution in [-0.4, -0.2) is 33.5 Å². The second-order valence-electron chi connectivity index (χ2n) is 7.44. The average molecular weight is 429 g/mol. The van der Waals surface area contributed by atoms with Crippen molar-refractivity contribution < 1.29 is 13.6 Å². The van der Waals surface area contributed by atoms with Crippen LogP contribution in [0.1, 0.15) is 54.5 Å². The van der Waals surface area contributed by atoms with E-state index in [-0.39, 0.29) is 17.5 Å². The van der Waals surface area contributed by atoms with E-state index in [0.29, 0.717) is 18.3 Å². The molecular weight excluding hydrogens is 403 g/mol. The summed E-state index contributed by atoms with van der Waals surface area (Å²) in [6, 6.07) is 9.83. The third kappa shape index (κ3) is 4.59. The topological polar surface area (TPSA) is 73.0 Å². The molecule has 1 fully saturated rings. The van der Waals surface area contributed by atoms with Crippen LogP contribution in [0.4, 0.5) is 4.39 Å². The summed E-state index contributed by atoms with van der Waals surface area (Å²) in [6.45, 7) is 0.525. The summed E-state index contributed by atoms with van der Waals surface area (Å²) < 4.78 is 21.0. The van der Waals surface area contributed by atoms with Crippen LogP contribution in [0.2, 0.25) is 0 Å². The maximum Gasteiger partial charge on any atom is 0.287 e. The Morgan fingerprint density at radius 1 is 1.20 bits per heavy atom. The minimum atomic E-state index is -0.309. The lowest BCUT2D eigenvalue weighted by Crippen LogP contribution is -2.24. The van der Waals surface area contributed by atoms with Crippen molar-refractivity contribution in [1.29, 1.82) is 0 Å². The van der Waals surface area contributed by atoms with Gasteiger partial charge in [-0.1, -0.05) is 24.6 Å². The first-order chi connectivity index (χ1) is 14.7. The maximum atomic E-state index is 13.1. The van der Waals surface area contributed by atoms with Gasteiger partial charge in [0, 0.05) is 24.6 Å². The Morgan fingerprint density at radius 2 is 1.97 bits per heavy atom. The Kier molecular flexibility index (Phi) is 6.52. The van der Waals surface area contributed by atoms with Crippen molar-refractivity contribution in [3.63, 3.8) is 0 Å². The van der Waals surface area contributed by atoms with Gasteiger partial charge in [0.15, 0.2) is 10.9 Å². The Morgan fingerprint density at radius 3 is 2.70 bits per heavy atom. The molecule has 0 bridgehead atoms. The van der Waals surface area contributed by atoms with Crippen LogP contribution in [0, 0.1) is 5.82 Å². The van der Waals surface area contributed by atoms with Crippen LogP contribution < -0.4 is 5.32 Å². The quantitative estimate of drug-likeness (QED) is 0.409. The fourth-order valence-corrected chi connectivity index (χ4v) is 4.48. The summed E-state index contributed by atoms with van der Waals surface area (Å²) >= 11 is 1.63. The van der Waals surface area contributed by atoms with Gasteiger partial charge in [0.05, 0.1) is 0 Å². The molecule has 1 aromatic carbocycles. The second kappa shape index (κ2) is 9.47. The Labute approximate surface area is 179 Å². The predicted molar refractivity (Wildman–Crippen MR) is 114 cm³/mol. The van der Waals surface area contributed by atoms with E-state index < -0.39 is 0 Å². The highest BCUT2D eigenvalue weighted by atomic mass is 32.2. The maximum absolute atomic E-state index is 13.1. The molecule has 0 atom stereocenters. The van der Waals surface area contributed by atoms with E-state index in [9.17, 15) is 9.18 Å². The van der Waals surface area contributed by atoms with E-state index in [1.165, 1.54) is 37.8 Å². The fourth-order valence-electron chi connectivity index (χ4n) is 3.91. The molecule has 1 aliphatic rings. The molecule has 30 heavy (non-hydrogen) atoms. The lowest BCUT2D eigenvalue weighted by atomic mass is 10.2. The number of amides is 1. The number of carbonyl (C=O) groups excluding carboxylic acids is 1. The SMILES string of the molecule is CSc1nnc(CCCNC(=O)c2ccc(-c3ccc(F)cc3)o2)n1C1CCCC1. The first-order valence-corrected chi connectivity index (χ1v) is 11.5. The summed E-state index contributed by atoms with van der Waals surface area (Å²) in [6.07, 6.45) is 8.46. The first-order valence-electron chi connectivity index (χ1n) is 10.3.